The quantitative estimate of drug-likeness (QED) is 0.789. The average molecular weight is 295 g/mol. The van der Waals surface area contributed by atoms with Crippen molar-refractivity contribution in [3.05, 3.63) is 17.5 Å². The highest BCUT2D eigenvalue weighted by atomic mass is 16.5. The summed E-state index contributed by atoms with van der Waals surface area (Å²) in [7, 11) is 0. The lowest BCUT2D eigenvalue weighted by molar-refractivity contribution is -0.125. The van der Waals surface area contributed by atoms with Gasteiger partial charge in [-0.2, -0.15) is 0 Å². The Morgan fingerprint density at radius 1 is 1.43 bits per heavy atom. The van der Waals surface area contributed by atoms with Crippen LogP contribution >= 0.6 is 0 Å². The predicted molar refractivity (Wildman–Crippen MR) is 75.3 cm³/mol. The SMILES string of the molecule is Cc1cc(CN2CCN(C(C)C(=O)NC(N)=O)CC2)on1. The van der Waals surface area contributed by atoms with Crippen molar-refractivity contribution >= 4 is 11.9 Å². The van der Waals surface area contributed by atoms with Crippen molar-refractivity contribution in [3.8, 4) is 0 Å². The standard InChI is InChI=1S/C13H21N5O3/c1-9-7-11(21-16-9)8-17-3-5-18(6-4-17)10(2)12(19)15-13(14)20/h7,10H,3-6,8H2,1-2H3,(H3,14,15,19,20). The van der Waals surface area contributed by atoms with Gasteiger partial charge in [-0.1, -0.05) is 5.16 Å². The molecule has 0 saturated carbocycles. The number of hydrogen-bond acceptors (Lipinski definition) is 6. The molecule has 1 aromatic heterocycles. The highest BCUT2D eigenvalue weighted by molar-refractivity contribution is 5.96. The van der Waals surface area contributed by atoms with Gasteiger partial charge in [-0.15, -0.1) is 0 Å². The van der Waals surface area contributed by atoms with Gasteiger partial charge < -0.3 is 10.3 Å². The van der Waals surface area contributed by atoms with E-state index in [0.717, 1.165) is 44.2 Å². The van der Waals surface area contributed by atoms with Crippen molar-refractivity contribution in [1.29, 1.82) is 0 Å². The van der Waals surface area contributed by atoms with E-state index in [1.54, 1.807) is 6.92 Å². The molecule has 0 bridgehead atoms. The molecule has 1 aromatic rings. The first-order valence-corrected chi connectivity index (χ1v) is 6.94. The number of aromatic nitrogens is 1. The van der Waals surface area contributed by atoms with Crippen LogP contribution in [0.25, 0.3) is 0 Å². The number of hydrogen-bond donors (Lipinski definition) is 2. The summed E-state index contributed by atoms with van der Waals surface area (Å²) in [5.74, 6) is 0.488. The van der Waals surface area contributed by atoms with Crippen LogP contribution in [0.2, 0.25) is 0 Å². The smallest absolute Gasteiger partial charge is 0.318 e. The molecule has 1 saturated heterocycles. The molecule has 21 heavy (non-hydrogen) atoms. The van der Waals surface area contributed by atoms with E-state index in [2.05, 4.69) is 15.4 Å². The van der Waals surface area contributed by atoms with E-state index in [1.807, 2.05) is 17.9 Å². The summed E-state index contributed by atoms with van der Waals surface area (Å²) in [4.78, 5) is 26.7. The zero-order valence-corrected chi connectivity index (χ0v) is 12.3. The number of urea groups is 1. The second kappa shape index (κ2) is 6.68. The van der Waals surface area contributed by atoms with E-state index in [4.69, 9.17) is 10.3 Å². The normalized spacial score (nSPS) is 18.4. The number of imide groups is 1. The molecule has 1 unspecified atom stereocenters. The average Bonchev–Trinajstić information content (AvgIpc) is 2.83. The minimum Gasteiger partial charge on any atom is -0.360 e. The molecule has 0 aliphatic carbocycles. The molecule has 3 amide bonds. The van der Waals surface area contributed by atoms with Crippen molar-refractivity contribution in [3.63, 3.8) is 0 Å². The molecule has 2 heterocycles. The Kier molecular flexibility index (Phi) is 4.92. The zero-order chi connectivity index (χ0) is 15.4. The van der Waals surface area contributed by atoms with E-state index < -0.39 is 6.03 Å². The summed E-state index contributed by atoms with van der Waals surface area (Å²) in [6.07, 6.45) is 0. The number of primary amides is 1. The largest absolute Gasteiger partial charge is 0.360 e. The topological polar surface area (TPSA) is 105 Å². The summed E-state index contributed by atoms with van der Waals surface area (Å²) in [5, 5.41) is 5.98. The molecule has 0 radical (unpaired) electrons. The summed E-state index contributed by atoms with van der Waals surface area (Å²) < 4.78 is 5.20. The first-order chi connectivity index (χ1) is 9.95. The van der Waals surface area contributed by atoms with Crippen molar-refractivity contribution in [2.24, 2.45) is 5.73 Å². The van der Waals surface area contributed by atoms with Gasteiger partial charge >= 0.3 is 6.03 Å². The van der Waals surface area contributed by atoms with Crippen LogP contribution in [-0.4, -0.2) is 59.1 Å². The Morgan fingerprint density at radius 3 is 2.62 bits per heavy atom. The van der Waals surface area contributed by atoms with Crippen LogP contribution in [0.3, 0.4) is 0 Å². The van der Waals surface area contributed by atoms with Crippen LogP contribution in [0, 0.1) is 6.92 Å². The molecular weight excluding hydrogens is 274 g/mol. The molecule has 8 heteroatoms. The van der Waals surface area contributed by atoms with Gasteiger partial charge in [0.1, 0.15) is 0 Å². The third-order valence-electron chi connectivity index (χ3n) is 3.64. The van der Waals surface area contributed by atoms with Crippen LogP contribution < -0.4 is 11.1 Å². The Hall–Kier alpha value is -1.93. The number of amides is 3. The van der Waals surface area contributed by atoms with E-state index >= 15 is 0 Å². The predicted octanol–water partition coefficient (Wildman–Crippen LogP) is -0.316. The number of piperazine rings is 1. The fourth-order valence-corrected chi connectivity index (χ4v) is 2.41. The number of nitrogens with one attached hydrogen (secondary N) is 1. The molecule has 1 fully saturated rings. The minimum absolute atomic E-state index is 0.359. The third-order valence-corrected chi connectivity index (χ3v) is 3.64. The number of rotatable bonds is 4. The summed E-state index contributed by atoms with van der Waals surface area (Å²) in [5.41, 5.74) is 5.83. The fourth-order valence-electron chi connectivity index (χ4n) is 2.41. The van der Waals surface area contributed by atoms with Crippen LogP contribution in [-0.2, 0) is 11.3 Å². The number of aryl methyl sites for hydroxylation is 1. The van der Waals surface area contributed by atoms with E-state index in [9.17, 15) is 9.59 Å². The van der Waals surface area contributed by atoms with Gasteiger partial charge in [-0.25, -0.2) is 4.79 Å². The zero-order valence-electron chi connectivity index (χ0n) is 12.3. The van der Waals surface area contributed by atoms with Crippen molar-refractivity contribution in [1.82, 2.24) is 20.3 Å². The maximum atomic E-state index is 11.7. The molecule has 1 atom stereocenters. The van der Waals surface area contributed by atoms with E-state index in [0.29, 0.717) is 0 Å². The number of carbonyl (C=O) groups is 2. The van der Waals surface area contributed by atoms with Gasteiger partial charge in [0.25, 0.3) is 0 Å². The molecule has 1 aliphatic rings. The van der Waals surface area contributed by atoms with Gasteiger partial charge in [0.05, 0.1) is 18.3 Å². The Balaban J connectivity index is 1.79. The molecule has 116 valence electrons. The van der Waals surface area contributed by atoms with Crippen LogP contribution in [0.4, 0.5) is 4.79 Å². The van der Waals surface area contributed by atoms with Crippen molar-refractivity contribution in [2.45, 2.75) is 26.4 Å². The van der Waals surface area contributed by atoms with Gasteiger partial charge in [0.15, 0.2) is 5.76 Å². The molecule has 8 nitrogen and oxygen atoms in total. The van der Waals surface area contributed by atoms with Gasteiger partial charge in [-0.05, 0) is 13.8 Å². The summed E-state index contributed by atoms with van der Waals surface area (Å²) in [6, 6.07) is 0.744. The third kappa shape index (κ3) is 4.27. The Labute approximate surface area is 123 Å². The van der Waals surface area contributed by atoms with Gasteiger partial charge in [0, 0.05) is 32.2 Å². The molecule has 2 rings (SSSR count). The van der Waals surface area contributed by atoms with Gasteiger partial charge in [-0.3, -0.25) is 19.9 Å². The van der Waals surface area contributed by atoms with Crippen LogP contribution in [0.1, 0.15) is 18.4 Å². The number of carbonyl (C=O) groups excluding carboxylic acids is 2. The Morgan fingerprint density at radius 2 is 2.10 bits per heavy atom. The van der Waals surface area contributed by atoms with Gasteiger partial charge in [0.2, 0.25) is 5.91 Å². The Bertz CT molecular complexity index is 508. The first-order valence-electron chi connectivity index (χ1n) is 6.94. The minimum atomic E-state index is -0.814. The molecular formula is C13H21N5O3. The molecule has 0 spiro atoms. The monoisotopic (exact) mass is 295 g/mol. The summed E-state index contributed by atoms with van der Waals surface area (Å²) in [6.45, 7) is 7.54. The summed E-state index contributed by atoms with van der Waals surface area (Å²) >= 11 is 0. The van der Waals surface area contributed by atoms with Crippen LogP contribution in [0.15, 0.2) is 10.6 Å². The first kappa shape index (κ1) is 15.5. The number of nitrogens with two attached hydrogens (primary N) is 1. The molecule has 3 N–H and O–H groups in total. The van der Waals surface area contributed by atoms with Crippen molar-refractivity contribution in [2.75, 3.05) is 26.2 Å². The number of nitrogens with zero attached hydrogens (tertiary/aromatic N) is 3. The van der Waals surface area contributed by atoms with Crippen LogP contribution in [0.5, 0.6) is 0 Å². The van der Waals surface area contributed by atoms with Crippen molar-refractivity contribution < 1.29 is 14.1 Å². The fraction of sp³-hybridized carbons (Fsp3) is 0.615. The maximum Gasteiger partial charge on any atom is 0.318 e. The highest BCUT2D eigenvalue weighted by Gasteiger charge is 2.26. The van der Waals surface area contributed by atoms with E-state index in [-0.39, 0.29) is 11.9 Å². The van der Waals surface area contributed by atoms with E-state index in [1.165, 1.54) is 0 Å². The highest BCUT2D eigenvalue weighted by Crippen LogP contribution is 2.11. The lowest BCUT2D eigenvalue weighted by Crippen LogP contribution is -2.54. The lowest BCUT2D eigenvalue weighted by atomic mass is 10.2. The second-order valence-corrected chi connectivity index (χ2v) is 5.28. The second-order valence-electron chi connectivity index (χ2n) is 5.28. The molecule has 0 aromatic carbocycles. The lowest BCUT2D eigenvalue weighted by Gasteiger charge is -2.36. The molecule has 1 aliphatic heterocycles. The maximum absolute atomic E-state index is 11.7.